The SMILES string of the molecule is Cc1c(CC(=O)N2CCN3C[C@H](c4ccc(F)c(C#N)c4C)OC[C@H]3C2)cccc1N1C=NNN1. The van der Waals surface area contributed by atoms with Crippen molar-refractivity contribution in [3.63, 3.8) is 0 Å². The van der Waals surface area contributed by atoms with Gasteiger partial charge in [0, 0.05) is 26.2 Å². The van der Waals surface area contributed by atoms with E-state index in [9.17, 15) is 14.4 Å². The summed E-state index contributed by atoms with van der Waals surface area (Å²) in [7, 11) is 0. The van der Waals surface area contributed by atoms with Crippen LogP contribution in [-0.2, 0) is 16.0 Å². The molecule has 1 amide bonds. The van der Waals surface area contributed by atoms with Gasteiger partial charge in [-0.25, -0.2) is 14.9 Å². The second kappa shape index (κ2) is 9.62. The Morgan fingerprint density at radius 1 is 1.23 bits per heavy atom. The van der Waals surface area contributed by atoms with Gasteiger partial charge in [-0.15, -0.1) is 5.53 Å². The van der Waals surface area contributed by atoms with Gasteiger partial charge in [0.1, 0.15) is 18.2 Å². The van der Waals surface area contributed by atoms with Crippen molar-refractivity contribution in [2.24, 2.45) is 5.10 Å². The van der Waals surface area contributed by atoms with Gasteiger partial charge in [-0.1, -0.05) is 18.2 Å². The smallest absolute Gasteiger partial charge is 0.227 e. The molecule has 3 heterocycles. The molecule has 182 valence electrons. The normalized spacial score (nSPS) is 22.0. The number of hydrogen-bond donors (Lipinski definition) is 2. The van der Waals surface area contributed by atoms with Crippen molar-refractivity contribution in [3.8, 4) is 6.07 Å². The number of hydrogen-bond acceptors (Lipinski definition) is 8. The van der Waals surface area contributed by atoms with Crippen LogP contribution in [0.1, 0.15) is 33.9 Å². The molecule has 35 heavy (non-hydrogen) atoms. The van der Waals surface area contributed by atoms with Gasteiger partial charge in [0.2, 0.25) is 5.91 Å². The van der Waals surface area contributed by atoms with Crippen molar-refractivity contribution in [1.29, 1.82) is 5.26 Å². The van der Waals surface area contributed by atoms with Crippen molar-refractivity contribution in [1.82, 2.24) is 20.9 Å². The third-order valence-electron chi connectivity index (χ3n) is 7.19. The van der Waals surface area contributed by atoms with E-state index in [4.69, 9.17) is 4.74 Å². The Morgan fingerprint density at radius 2 is 2.09 bits per heavy atom. The van der Waals surface area contributed by atoms with Gasteiger partial charge in [0.05, 0.1) is 36.4 Å². The summed E-state index contributed by atoms with van der Waals surface area (Å²) in [5.41, 5.74) is 10.1. The Labute approximate surface area is 203 Å². The summed E-state index contributed by atoms with van der Waals surface area (Å²) in [4.78, 5) is 17.5. The maximum Gasteiger partial charge on any atom is 0.227 e. The van der Waals surface area contributed by atoms with Crippen LogP contribution in [0.25, 0.3) is 0 Å². The molecule has 2 atom stereocenters. The van der Waals surface area contributed by atoms with Crippen molar-refractivity contribution in [3.05, 3.63) is 64.0 Å². The Bertz CT molecular complexity index is 1210. The lowest BCUT2D eigenvalue weighted by molar-refractivity contribution is -0.139. The Balaban J connectivity index is 1.22. The quantitative estimate of drug-likeness (QED) is 0.695. The number of anilines is 1. The Morgan fingerprint density at radius 3 is 2.86 bits per heavy atom. The molecule has 2 aromatic carbocycles. The monoisotopic (exact) mass is 477 g/mol. The molecule has 0 unspecified atom stereocenters. The highest BCUT2D eigenvalue weighted by atomic mass is 19.1. The number of amides is 1. The number of hydrazine groups is 2. The molecule has 0 aromatic heterocycles. The summed E-state index contributed by atoms with van der Waals surface area (Å²) in [6, 6.07) is 11.0. The van der Waals surface area contributed by atoms with Gasteiger partial charge in [0.15, 0.2) is 0 Å². The van der Waals surface area contributed by atoms with E-state index in [-0.39, 0.29) is 23.6 Å². The first-order valence-corrected chi connectivity index (χ1v) is 11.7. The van der Waals surface area contributed by atoms with E-state index >= 15 is 0 Å². The lowest BCUT2D eigenvalue weighted by Crippen LogP contribution is -2.59. The lowest BCUT2D eigenvalue weighted by Gasteiger charge is -2.46. The predicted octanol–water partition coefficient (Wildman–Crippen LogP) is 1.91. The number of ether oxygens (including phenoxy) is 1. The molecule has 5 rings (SSSR count). The van der Waals surface area contributed by atoms with Crippen LogP contribution in [0.15, 0.2) is 35.4 Å². The standard InChI is InChI=1S/C25H28FN7O2/c1-16-18(4-3-5-23(16)33-15-28-29-30-33)10-25(34)32-9-8-31-13-24(35-14-19(31)12-32)20-6-7-22(26)21(11-27)17(20)2/h3-7,15,19,24,29-30H,8-10,12-14H2,1-2H3/t19-,24-/m1/s1. The summed E-state index contributed by atoms with van der Waals surface area (Å²) >= 11 is 0. The molecule has 0 bridgehead atoms. The molecule has 0 radical (unpaired) electrons. The molecule has 2 saturated heterocycles. The number of benzene rings is 2. The van der Waals surface area contributed by atoms with Gasteiger partial charge in [-0.05, 0) is 48.2 Å². The summed E-state index contributed by atoms with van der Waals surface area (Å²) in [6.07, 6.45) is 1.77. The van der Waals surface area contributed by atoms with E-state index in [0.717, 1.165) is 28.9 Å². The number of nitriles is 1. The van der Waals surface area contributed by atoms with Crippen LogP contribution >= 0.6 is 0 Å². The third kappa shape index (κ3) is 4.46. The molecule has 2 fully saturated rings. The van der Waals surface area contributed by atoms with Gasteiger partial charge in [0.25, 0.3) is 0 Å². The van der Waals surface area contributed by atoms with E-state index in [2.05, 4.69) is 21.1 Å². The number of piperazine rings is 1. The largest absolute Gasteiger partial charge is 0.370 e. The molecule has 3 aliphatic rings. The van der Waals surface area contributed by atoms with E-state index in [1.807, 2.05) is 36.1 Å². The Hall–Kier alpha value is -3.52. The number of fused-ring (bicyclic) bond motifs is 1. The fourth-order valence-electron chi connectivity index (χ4n) is 5.10. The van der Waals surface area contributed by atoms with Crippen molar-refractivity contribution >= 4 is 17.9 Å². The Kier molecular flexibility index (Phi) is 6.38. The zero-order valence-electron chi connectivity index (χ0n) is 19.8. The van der Waals surface area contributed by atoms with Crippen molar-refractivity contribution in [2.75, 3.05) is 37.8 Å². The zero-order valence-corrected chi connectivity index (χ0v) is 19.8. The molecule has 2 N–H and O–H groups in total. The van der Waals surface area contributed by atoms with Gasteiger partial charge in [-0.3, -0.25) is 9.69 Å². The van der Waals surface area contributed by atoms with Gasteiger partial charge >= 0.3 is 0 Å². The summed E-state index contributed by atoms with van der Waals surface area (Å²) in [6.45, 7) is 6.92. The minimum absolute atomic E-state index is 0.0760. The number of morpholine rings is 1. The first-order valence-electron chi connectivity index (χ1n) is 11.7. The highest BCUT2D eigenvalue weighted by molar-refractivity contribution is 5.83. The number of rotatable bonds is 4. The lowest BCUT2D eigenvalue weighted by atomic mass is 9.96. The average molecular weight is 478 g/mol. The van der Waals surface area contributed by atoms with Gasteiger partial charge in [-0.2, -0.15) is 10.4 Å². The van der Waals surface area contributed by atoms with E-state index in [1.165, 1.54) is 6.07 Å². The number of nitrogens with one attached hydrogen (secondary N) is 2. The van der Waals surface area contributed by atoms with Crippen LogP contribution < -0.4 is 16.1 Å². The molecular weight excluding hydrogens is 449 g/mol. The third-order valence-corrected chi connectivity index (χ3v) is 7.19. The summed E-state index contributed by atoms with van der Waals surface area (Å²) in [5, 5.41) is 15.0. The molecule has 2 aromatic rings. The number of carbonyl (C=O) groups is 1. The summed E-state index contributed by atoms with van der Waals surface area (Å²) in [5.74, 6) is -0.405. The predicted molar refractivity (Wildman–Crippen MR) is 129 cm³/mol. The first kappa shape index (κ1) is 23.2. The number of halogens is 1. The first-order chi connectivity index (χ1) is 17.0. The van der Waals surface area contributed by atoms with Crippen molar-refractivity contribution in [2.45, 2.75) is 32.4 Å². The van der Waals surface area contributed by atoms with Crippen LogP contribution in [0.2, 0.25) is 0 Å². The molecule has 9 nitrogen and oxygen atoms in total. The number of nitrogens with zero attached hydrogens (tertiary/aromatic N) is 5. The number of carbonyl (C=O) groups excluding carboxylic acids is 1. The van der Waals surface area contributed by atoms with E-state index < -0.39 is 5.82 Å². The topological polar surface area (TPSA) is 96.2 Å². The molecular formula is C25H28FN7O2. The molecule has 10 heteroatoms. The maximum atomic E-state index is 13.9. The number of hydrazone groups is 1. The fourth-order valence-corrected chi connectivity index (χ4v) is 5.10. The zero-order chi connectivity index (χ0) is 24.5. The van der Waals surface area contributed by atoms with Crippen molar-refractivity contribution < 1.29 is 13.9 Å². The van der Waals surface area contributed by atoms with Crippen LogP contribution in [0.4, 0.5) is 10.1 Å². The van der Waals surface area contributed by atoms with E-state index in [1.54, 1.807) is 24.3 Å². The van der Waals surface area contributed by atoms with Crippen LogP contribution in [0, 0.1) is 31.0 Å². The minimum Gasteiger partial charge on any atom is -0.370 e. The van der Waals surface area contributed by atoms with Gasteiger partial charge < -0.3 is 9.64 Å². The highest BCUT2D eigenvalue weighted by Crippen LogP contribution is 2.31. The van der Waals surface area contributed by atoms with Crippen LogP contribution in [0.3, 0.4) is 0 Å². The molecule has 0 saturated carbocycles. The maximum absolute atomic E-state index is 13.9. The van der Waals surface area contributed by atoms with Crippen LogP contribution in [0.5, 0.6) is 0 Å². The minimum atomic E-state index is -0.503. The highest BCUT2D eigenvalue weighted by Gasteiger charge is 2.36. The molecule has 3 aliphatic heterocycles. The second-order valence-corrected chi connectivity index (χ2v) is 9.14. The molecule has 0 aliphatic carbocycles. The molecule has 0 spiro atoms. The average Bonchev–Trinajstić information content (AvgIpc) is 3.40. The second-order valence-electron chi connectivity index (χ2n) is 9.14. The van der Waals surface area contributed by atoms with E-state index in [0.29, 0.717) is 38.2 Å². The fraction of sp³-hybridized carbons (Fsp3) is 0.400. The summed E-state index contributed by atoms with van der Waals surface area (Å²) < 4.78 is 20.1. The van der Waals surface area contributed by atoms with Crippen LogP contribution in [-0.4, -0.2) is 60.9 Å².